The number of aromatic nitrogens is 2. The number of nitrogens with zero attached hydrogens (tertiary/aromatic N) is 3. The summed E-state index contributed by atoms with van der Waals surface area (Å²) in [6, 6.07) is 12.7. The normalized spacial score (nSPS) is 11.3. The molecular formula is C27H27F2N3O5S. The Bertz CT molecular complexity index is 1490. The van der Waals surface area contributed by atoms with E-state index in [0.717, 1.165) is 12.1 Å². The lowest BCUT2D eigenvalue weighted by molar-refractivity contribution is 0.354. The monoisotopic (exact) mass is 543 g/mol. The zero-order chi connectivity index (χ0) is 27.3. The van der Waals surface area contributed by atoms with Crippen molar-refractivity contribution in [3.63, 3.8) is 0 Å². The van der Waals surface area contributed by atoms with Gasteiger partial charge in [-0.25, -0.2) is 22.2 Å². The molecule has 0 unspecified atom stereocenters. The average Bonchev–Trinajstić information content (AvgIpc) is 3.44. The van der Waals surface area contributed by atoms with Gasteiger partial charge >= 0.3 is 0 Å². The smallest absolute Gasteiger partial charge is 0.264 e. The van der Waals surface area contributed by atoms with Crippen LogP contribution >= 0.6 is 0 Å². The van der Waals surface area contributed by atoms with Gasteiger partial charge in [0.1, 0.15) is 17.4 Å². The number of halogens is 2. The first-order chi connectivity index (χ1) is 18.3. The minimum atomic E-state index is -4.24. The van der Waals surface area contributed by atoms with Crippen LogP contribution in [0.5, 0.6) is 17.2 Å². The molecule has 8 nitrogen and oxygen atoms in total. The summed E-state index contributed by atoms with van der Waals surface area (Å²) in [5.74, 6) is -0.631. The largest absolute Gasteiger partial charge is 0.495 e. The maximum atomic E-state index is 14.6. The highest BCUT2D eigenvalue weighted by Crippen LogP contribution is 2.39. The number of imidazole rings is 1. The highest BCUT2D eigenvalue weighted by Gasteiger charge is 2.31. The van der Waals surface area contributed by atoms with Gasteiger partial charge in [0.25, 0.3) is 10.0 Å². The van der Waals surface area contributed by atoms with Gasteiger partial charge in [-0.3, -0.25) is 4.31 Å². The number of sulfonamides is 1. The van der Waals surface area contributed by atoms with Crippen molar-refractivity contribution >= 4 is 15.7 Å². The molecule has 0 spiro atoms. The lowest BCUT2D eigenvalue weighted by Gasteiger charge is -2.29. The molecule has 0 aliphatic carbocycles. The third-order valence-electron chi connectivity index (χ3n) is 6.04. The Morgan fingerprint density at radius 1 is 0.895 bits per heavy atom. The minimum Gasteiger partial charge on any atom is -0.495 e. The van der Waals surface area contributed by atoms with Crippen molar-refractivity contribution < 1.29 is 31.4 Å². The molecule has 11 heteroatoms. The minimum absolute atomic E-state index is 0.0276. The number of ether oxygens (including phenoxy) is 3. The van der Waals surface area contributed by atoms with E-state index < -0.39 is 21.7 Å². The van der Waals surface area contributed by atoms with Crippen LogP contribution in [0.15, 0.2) is 78.2 Å². The number of hydrogen-bond acceptors (Lipinski definition) is 6. The second-order valence-electron chi connectivity index (χ2n) is 8.24. The number of benzene rings is 3. The maximum Gasteiger partial charge on any atom is 0.264 e. The molecule has 0 atom stereocenters. The Labute approximate surface area is 220 Å². The fraction of sp³-hybridized carbons (Fsp3) is 0.222. The predicted molar refractivity (Wildman–Crippen MR) is 138 cm³/mol. The summed E-state index contributed by atoms with van der Waals surface area (Å²) < 4.78 is 76.6. The Balaban J connectivity index is 1.88. The molecule has 4 rings (SSSR count). The van der Waals surface area contributed by atoms with Crippen LogP contribution in [0.2, 0.25) is 0 Å². The van der Waals surface area contributed by atoms with Crippen molar-refractivity contribution in [3.8, 4) is 17.2 Å². The molecule has 0 radical (unpaired) electrons. The van der Waals surface area contributed by atoms with Crippen molar-refractivity contribution in [2.24, 2.45) is 0 Å². The van der Waals surface area contributed by atoms with Gasteiger partial charge in [-0.2, -0.15) is 0 Å². The number of hydrogen-bond donors (Lipinski definition) is 0. The second-order valence-corrected chi connectivity index (χ2v) is 10.1. The molecule has 0 N–H and O–H groups in total. The first-order valence-electron chi connectivity index (χ1n) is 11.6. The van der Waals surface area contributed by atoms with Crippen molar-refractivity contribution in [1.29, 1.82) is 0 Å². The summed E-state index contributed by atoms with van der Waals surface area (Å²) >= 11 is 0. The van der Waals surface area contributed by atoms with Gasteiger partial charge in [0.05, 0.1) is 44.8 Å². The van der Waals surface area contributed by atoms with Crippen LogP contribution in [0.25, 0.3) is 0 Å². The summed E-state index contributed by atoms with van der Waals surface area (Å²) in [7, 11) is 0.0300. The molecule has 0 saturated carbocycles. The van der Waals surface area contributed by atoms with Gasteiger partial charge in [-0.05, 0) is 35.9 Å². The molecule has 3 aromatic carbocycles. The van der Waals surface area contributed by atoms with E-state index >= 15 is 0 Å². The quantitative estimate of drug-likeness (QED) is 0.273. The van der Waals surface area contributed by atoms with Crippen LogP contribution < -0.4 is 18.5 Å². The van der Waals surface area contributed by atoms with Gasteiger partial charge in [0.2, 0.25) is 0 Å². The average molecular weight is 544 g/mol. The highest BCUT2D eigenvalue weighted by molar-refractivity contribution is 7.92. The molecule has 0 saturated heterocycles. The van der Waals surface area contributed by atoms with E-state index in [1.807, 2.05) is 0 Å². The zero-order valence-corrected chi connectivity index (χ0v) is 21.9. The first-order valence-corrected chi connectivity index (χ1v) is 13.0. The lowest BCUT2D eigenvalue weighted by Crippen LogP contribution is -2.35. The third kappa shape index (κ3) is 5.42. The Kier molecular flexibility index (Phi) is 8.16. The van der Waals surface area contributed by atoms with Crippen LogP contribution in [0.4, 0.5) is 14.5 Å². The number of methoxy groups -OCH3 is 3. The van der Waals surface area contributed by atoms with Crippen molar-refractivity contribution in [2.75, 3.05) is 32.2 Å². The molecule has 0 aliphatic heterocycles. The van der Waals surface area contributed by atoms with E-state index in [-0.39, 0.29) is 47.2 Å². The Hall–Kier alpha value is -4.12. The SMILES string of the molecule is COc1ccc(S(=O)(=O)N(CCn2ccnc2)c2c(Cc3c(F)cccc3F)cccc2OC)cc1OC. The molecule has 0 aliphatic rings. The van der Waals surface area contributed by atoms with E-state index in [0.29, 0.717) is 11.3 Å². The van der Waals surface area contributed by atoms with Gasteiger partial charge in [-0.15, -0.1) is 0 Å². The molecular weight excluding hydrogens is 516 g/mol. The van der Waals surface area contributed by atoms with Crippen molar-refractivity contribution in [2.45, 2.75) is 17.9 Å². The van der Waals surface area contributed by atoms with Gasteiger partial charge < -0.3 is 18.8 Å². The summed E-state index contributed by atoms with van der Waals surface area (Å²) in [5.41, 5.74) is 0.357. The summed E-state index contributed by atoms with van der Waals surface area (Å²) in [6.07, 6.45) is 4.66. The summed E-state index contributed by atoms with van der Waals surface area (Å²) in [5, 5.41) is 0. The fourth-order valence-corrected chi connectivity index (χ4v) is 5.65. The van der Waals surface area contributed by atoms with E-state index in [2.05, 4.69) is 4.98 Å². The van der Waals surface area contributed by atoms with Crippen LogP contribution in [-0.4, -0.2) is 45.8 Å². The van der Waals surface area contributed by atoms with Crippen LogP contribution in [-0.2, 0) is 23.0 Å². The van der Waals surface area contributed by atoms with E-state index in [1.54, 1.807) is 41.5 Å². The maximum absolute atomic E-state index is 14.6. The van der Waals surface area contributed by atoms with Crippen LogP contribution in [0.1, 0.15) is 11.1 Å². The molecule has 1 heterocycles. The zero-order valence-electron chi connectivity index (χ0n) is 21.1. The second kappa shape index (κ2) is 11.5. The molecule has 4 aromatic rings. The molecule has 200 valence electrons. The standard InChI is InChI=1S/C27H27F2N3O5S/c1-35-24-11-10-20(17-26(24)37-3)38(33,34)32(15-14-31-13-12-30-18-31)27-19(6-4-9-25(27)36-2)16-21-22(28)7-5-8-23(21)29/h4-13,17-18H,14-16H2,1-3H3. The number of rotatable bonds is 11. The lowest BCUT2D eigenvalue weighted by atomic mass is 10.0. The van der Waals surface area contributed by atoms with Gasteiger partial charge in [0, 0.05) is 37.0 Å². The molecule has 0 bridgehead atoms. The molecule has 38 heavy (non-hydrogen) atoms. The van der Waals surface area contributed by atoms with Crippen molar-refractivity contribution in [1.82, 2.24) is 9.55 Å². The molecule has 1 aromatic heterocycles. The number of para-hydroxylation sites is 1. The fourth-order valence-electron chi connectivity index (χ4n) is 4.13. The Morgan fingerprint density at radius 3 is 2.21 bits per heavy atom. The Morgan fingerprint density at radius 2 is 1.58 bits per heavy atom. The van der Waals surface area contributed by atoms with Crippen LogP contribution in [0.3, 0.4) is 0 Å². The van der Waals surface area contributed by atoms with Gasteiger partial charge in [0.15, 0.2) is 11.5 Å². The molecule has 0 amide bonds. The third-order valence-corrected chi connectivity index (χ3v) is 7.84. The topological polar surface area (TPSA) is 82.9 Å². The van der Waals surface area contributed by atoms with Crippen LogP contribution in [0, 0.1) is 11.6 Å². The number of anilines is 1. The van der Waals surface area contributed by atoms with E-state index in [4.69, 9.17) is 14.2 Å². The van der Waals surface area contributed by atoms with E-state index in [9.17, 15) is 17.2 Å². The molecule has 0 fully saturated rings. The van der Waals surface area contributed by atoms with Gasteiger partial charge in [-0.1, -0.05) is 18.2 Å². The first kappa shape index (κ1) is 26.9. The predicted octanol–water partition coefficient (Wildman–Crippen LogP) is 4.67. The summed E-state index contributed by atoms with van der Waals surface area (Å²) in [6.45, 7) is 0.220. The van der Waals surface area contributed by atoms with E-state index in [1.165, 1.54) is 49.9 Å². The van der Waals surface area contributed by atoms with Crippen molar-refractivity contribution in [3.05, 3.63) is 96.1 Å². The summed E-state index contributed by atoms with van der Waals surface area (Å²) in [4.78, 5) is 3.96. The highest BCUT2D eigenvalue weighted by atomic mass is 32.2.